The second-order valence-corrected chi connectivity index (χ2v) is 12.3. The number of hydrogen-bond donors (Lipinski definition) is 1. The standard InChI is InChI=1S/C32H51ClO6/c1-23(2)16-17-24(3)28(38-31-14-8-10-20-36-31)19-18-26-25(12-6-4-5-7-13-30(34)35)27(33)22-29(26)39-32-15-9-11-21-37-32/h4,6,16,18-19,24-29,31-32H,5,7-15,17,20-22H2,1-3H3,(H,34,35)/b6-4-,19-18+/t24?,25-,26-,27+,28-,29-,31?,32?/m1/s1. The highest BCUT2D eigenvalue weighted by molar-refractivity contribution is 6.21. The maximum absolute atomic E-state index is 10.8. The van der Waals surface area contributed by atoms with E-state index in [0.717, 1.165) is 77.4 Å². The molecule has 1 N–H and O–H groups in total. The predicted molar refractivity (Wildman–Crippen MR) is 156 cm³/mol. The molecule has 39 heavy (non-hydrogen) atoms. The molecule has 3 rings (SSSR count). The van der Waals surface area contributed by atoms with Crippen molar-refractivity contribution in [3.63, 3.8) is 0 Å². The van der Waals surface area contributed by atoms with Gasteiger partial charge in [0.1, 0.15) is 0 Å². The number of halogens is 1. The third-order valence-corrected chi connectivity index (χ3v) is 8.58. The fraction of sp³-hybridized carbons (Fsp3) is 0.781. The normalized spacial score (nSPS) is 31.5. The van der Waals surface area contributed by atoms with Gasteiger partial charge in [-0.15, -0.1) is 11.6 Å². The Morgan fingerprint density at radius 3 is 2.44 bits per heavy atom. The molecule has 0 aromatic carbocycles. The zero-order valence-electron chi connectivity index (χ0n) is 24.3. The molecule has 0 radical (unpaired) electrons. The third-order valence-electron chi connectivity index (χ3n) is 8.08. The minimum absolute atomic E-state index is 0.000976. The van der Waals surface area contributed by atoms with E-state index in [-0.39, 0.29) is 48.4 Å². The van der Waals surface area contributed by atoms with Crippen molar-refractivity contribution in [3.8, 4) is 0 Å². The molecule has 3 unspecified atom stereocenters. The third kappa shape index (κ3) is 11.7. The van der Waals surface area contributed by atoms with Crippen molar-refractivity contribution in [2.45, 2.75) is 128 Å². The number of allylic oxidation sites excluding steroid dienone is 4. The molecule has 7 heteroatoms. The zero-order valence-corrected chi connectivity index (χ0v) is 25.0. The molecule has 2 heterocycles. The number of hydrogen-bond acceptors (Lipinski definition) is 5. The van der Waals surface area contributed by atoms with Gasteiger partial charge in [-0.3, -0.25) is 4.79 Å². The SMILES string of the molecule is CC(C)=CCC(C)[C@@H](/C=C/[C@@H]1[C@@H](C/C=C\CCCC(=O)O)[C@@H](Cl)C[C@H]1OC1CCCCO1)OC1CCCCO1. The number of unbranched alkanes of at least 4 members (excludes halogenated alkanes) is 1. The molecule has 6 nitrogen and oxygen atoms in total. The number of alkyl halides is 1. The summed E-state index contributed by atoms with van der Waals surface area (Å²) in [6.45, 7) is 8.03. The molecule has 8 atom stereocenters. The van der Waals surface area contributed by atoms with Crippen LogP contribution in [0.1, 0.15) is 97.8 Å². The predicted octanol–water partition coefficient (Wildman–Crippen LogP) is 7.80. The first kappa shape index (κ1) is 32.3. The molecule has 222 valence electrons. The van der Waals surface area contributed by atoms with E-state index in [1.807, 2.05) is 0 Å². The van der Waals surface area contributed by atoms with Crippen LogP contribution in [0.4, 0.5) is 0 Å². The van der Waals surface area contributed by atoms with E-state index in [9.17, 15) is 4.79 Å². The second kappa shape index (κ2) is 17.6. The van der Waals surface area contributed by atoms with E-state index in [2.05, 4.69) is 51.2 Å². The van der Waals surface area contributed by atoms with E-state index in [1.165, 1.54) is 5.57 Å². The van der Waals surface area contributed by atoms with E-state index >= 15 is 0 Å². The Morgan fingerprint density at radius 1 is 1.08 bits per heavy atom. The Labute approximate surface area is 241 Å². The lowest BCUT2D eigenvalue weighted by molar-refractivity contribution is -0.193. The van der Waals surface area contributed by atoms with Gasteiger partial charge < -0.3 is 24.1 Å². The average molecular weight is 567 g/mol. The van der Waals surface area contributed by atoms with Crippen LogP contribution in [-0.2, 0) is 23.7 Å². The first-order valence-corrected chi connectivity index (χ1v) is 15.6. The number of ether oxygens (including phenoxy) is 4. The zero-order chi connectivity index (χ0) is 28.0. The summed E-state index contributed by atoms with van der Waals surface area (Å²) in [6.07, 6.45) is 21.2. The smallest absolute Gasteiger partial charge is 0.303 e. The van der Waals surface area contributed by atoms with Gasteiger partial charge in [0.25, 0.3) is 0 Å². The Morgan fingerprint density at radius 2 is 1.79 bits per heavy atom. The summed E-state index contributed by atoms with van der Waals surface area (Å²) in [4.78, 5) is 10.8. The Bertz CT molecular complexity index is 794. The van der Waals surface area contributed by atoms with Crippen LogP contribution in [0.3, 0.4) is 0 Å². The molecule has 2 saturated heterocycles. The summed E-state index contributed by atoms with van der Waals surface area (Å²) < 4.78 is 24.9. The highest BCUT2D eigenvalue weighted by Crippen LogP contribution is 2.42. The fourth-order valence-electron chi connectivity index (χ4n) is 5.70. The molecule has 0 spiro atoms. The fourth-order valence-corrected chi connectivity index (χ4v) is 6.15. The number of carboxylic acid groups (broad SMARTS) is 1. The summed E-state index contributed by atoms with van der Waals surface area (Å²) in [6, 6.07) is 0. The van der Waals surface area contributed by atoms with Gasteiger partial charge in [0, 0.05) is 30.9 Å². The summed E-state index contributed by atoms with van der Waals surface area (Å²) in [5, 5.41) is 8.89. The largest absolute Gasteiger partial charge is 0.481 e. The molecule has 1 aliphatic carbocycles. The summed E-state index contributed by atoms with van der Waals surface area (Å²) in [5.41, 5.74) is 1.32. The lowest BCUT2D eigenvalue weighted by Gasteiger charge is -2.31. The minimum Gasteiger partial charge on any atom is -0.481 e. The summed E-state index contributed by atoms with van der Waals surface area (Å²) >= 11 is 6.96. The van der Waals surface area contributed by atoms with Crippen molar-refractivity contribution in [1.82, 2.24) is 0 Å². The van der Waals surface area contributed by atoms with Gasteiger partial charge in [-0.05, 0) is 96.3 Å². The van der Waals surface area contributed by atoms with E-state index in [4.69, 9.17) is 35.7 Å². The maximum atomic E-state index is 10.8. The van der Waals surface area contributed by atoms with Gasteiger partial charge in [0.05, 0.1) is 12.2 Å². The number of carbonyl (C=O) groups is 1. The molecule has 3 fully saturated rings. The molecule has 0 aromatic heterocycles. The quantitative estimate of drug-likeness (QED) is 0.124. The molecule has 0 amide bonds. The highest BCUT2D eigenvalue weighted by Gasteiger charge is 2.42. The first-order valence-electron chi connectivity index (χ1n) is 15.2. The van der Waals surface area contributed by atoms with Crippen LogP contribution in [0.5, 0.6) is 0 Å². The Kier molecular flexibility index (Phi) is 14.6. The molecular formula is C32H51ClO6. The van der Waals surface area contributed by atoms with Crippen molar-refractivity contribution in [1.29, 1.82) is 0 Å². The van der Waals surface area contributed by atoms with E-state index < -0.39 is 5.97 Å². The minimum atomic E-state index is -0.746. The van der Waals surface area contributed by atoms with Crippen molar-refractivity contribution in [2.24, 2.45) is 17.8 Å². The lowest BCUT2D eigenvalue weighted by Crippen LogP contribution is -2.32. The van der Waals surface area contributed by atoms with Crippen LogP contribution in [0.15, 0.2) is 36.0 Å². The van der Waals surface area contributed by atoms with Crippen molar-refractivity contribution >= 4 is 17.6 Å². The van der Waals surface area contributed by atoms with Crippen LogP contribution in [-0.4, -0.2) is 54.5 Å². The summed E-state index contributed by atoms with van der Waals surface area (Å²) in [7, 11) is 0. The van der Waals surface area contributed by atoms with Crippen molar-refractivity contribution in [2.75, 3.05) is 13.2 Å². The number of rotatable bonds is 15. The van der Waals surface area contributed by atoms with E-state index in [1.54, 1.807) is 0 Å². The topological polar surface area (TPSA) is 74.2 Å². The molecule has 1 saturated carbocycles. The first-order chi connectivity index (χ1) is 18.8. The van der Waals surface area contributed by atoms with Crippen molar-refractivity contribution in [3.05, 3.63) is 36.0 Å². The van der Waals surface area contributed by atoms with Gasteiger partial charge in [-0.2, -0.15) is 0 Å². The van der Waals surface area contributed by atoms with Crippen LogP contribution in [0.2, 0.25) is 0 Å². The van der Waals surface area contributed by atoms with Crippen LogP contribution in [0, 0.1) is 17.8 Å². The van der Waals surface area contributed by atoms with Crippen LogP contribution < -0.4 is 0 Å². The van der Waals surface area contributed by atoms with Crippen LogP contribution >= 0.6 is 11.6 Å². The maximum Gasteiger partial charge on any atom is 0.303 e. The Balaban J connectivity index is 1.73. The molecule has 3 aliphatic rings. The lowest BCUT2D eigenvalue weighted by atomic mass is 9.89. The van der Waals surface area contributed by atoms with E-state index in [0.29, 0.717) is 12.3 Å². The number of aliphatic carboxylic acids is 1. The molecule has 0 bridgehead atoms. The molecule has 0 aromatic rings. The molecule has 2 aliphatic heterocycles. The second-order valence-electron chi connectivity index (χ2n) is 11.7. The van der Waals surface area contributed by atoms with Crippen LogP contribution in [0.25, 0.3) is 0 Å². The monoisotopic (exact) mass is 566 g/mol. The van der Waals surface area contributed by atoms with Gasteiger partial charge in [-0.25, -0.2) is 0 Å². The average Bonchev–Trinajstić information content (AvgIpc) is 3.21. The Hall–Kier alpha value is -1.18. The van der Waals surface area contributed by atoms with Gasteiger partial charge in [0.2, 0.25) is 0 Å². The summed E-state index contributed by atoms with van der Waals surface area (Å²) in [5.74, 6) is -0.0597. The number of carboxylic acids is 1. The van der Waals surface area contributed by atoms with Gasteiger partial charge >= 0.3 is 5.97 Å². The van der Waals surface area contributed by atoms with Gasteiger partial charge in [0.15, 0.2) is 12.6 Å². The van der Waals surface area contributed by atoms with Crippen molar-refractivity contribution < 1.29 is 28.8 Å². The van der Waals surface area contributed by atoms with Gasteiger partial charge in [-0.1, -0.05) is 42.9 Å². The molecular weight excluding hydrogens is 516 g/mol. The highest BCUT2D eigenvalue weighted by atomic mass is 35.5.